The van der Waals surface area contributed by atoms with Crippen molar-refractivity contribution in [2.45, 2.75) is 19.4 Å². The Hall–Kier alpha value is -1.91. The maximum Gasteiger partial charge on any atom is 0.251 e. The molecule has 0 aliphatic carbocycles. The van der Waals surface area contributed by atoms with Gasteiger partial charge in [0, 0.05) is 36.1 Å². The largest absolute Gasteiger partial charge is 0.352 e. The highest BCUT2D eigenvalue weighted by atomic mass is 35.5. The maximum absolute atomic E-state index is 12.1. The molecule has 0 radical (unpaired) electrons. The van der Waals surface area contributed by atoms with Gasteiger partial charge in [0.2, 0.25) is 0 Å². The average Bonchev–Trinajstić information content (AvgIpc) is 2.62. The first kappa shape index (κ1) is 16.9. The second-order valence-corrected chi connectivity index (χ2v) is 6.73. The number of nitrogens with zero attached hydrogens (tertiary/aromatic N) is 2. The van der Waals surface area contributed by atoms with Crippen LogP contribution in [0.5, 0.6) is 0 Å². The zero-order chi connectivity index (χ0) is 16.8. The normalized spacial score (nSPS) is 16.0. The van der Waals surface area contributed by atoms with Gasteiger partial charge in [-0.3, -0.25) is 14.7 Å². The first-order chi connectivity index (χ1) is 11.7. The molecule has 0 spiro atoms. The number of rotatable bonds is 5. The van der Waals surface area contributed by atoms with Crippen molar-refractivity contribution < 1.29 is 4.79 Å². The highest BCUT2D eigenvalue weighted by molar-refractivity contribution is 6.30. The highest BCUT2D eigenvalue weighted by Crippen LogP contribution is 2.18. The van der Waals surface area contributed by atoms with Gasteiger partial charge in [-0.2, -0.15) is 0 Å². The summed E-state index contributed by atoms with van der Waals surface area (Å²) in [4.78, 5) is 18.8. The number of halogens is 1. The molecule has 0 bridgehead atoms. The summed E-state index contributed by atoms with van der Waals surface area (Å²) < 4.78 is 0. The van der Waals surface area contributed by atoms with Crippen LogP contribution in [0.3, 0.4) is 0 Å². The molecule has 5 heteroatoms. The summed E-state index contributed by atoms with van der Waals surface area (Å²) in [5, 5.41) is 3.69. The van der Waals surface area contributed by atoms with Gasteiger partial charge >= 0.3 is 0 Å². The van der Waals surface area contributed by atoms with E-state index in [0.29, 0.717) is 16.5 Å². The zero-order valence-corrected chi connectivity index (χ0v) is 14.4. The zero-order valence-electron chi connectivity index (χ0n) is 13.6. The van der Waals surface area contributed by atoms with Gasteiger partial charge in [0.15, 0.2) is 0 Å². The van der Waals surface area contributed by atoms with Crippen LogP contribution >= 0.6 is 11.6 Å². The Bertz CT molecular complexity index is 652. The predicted molar refractivity (Wildman–Crippen MR) is 96.0 cm³/mol. The van der Waals surface area contributed by atoms with Gasteiger partial charge in [0.05, 0.1) is 0 Å². The number of carbonyl (C=O) groups excluding carboxylic acids is 1. The lowest BCUT2D eigenvalue weighted by Gasteiger charge is -2.32. The van der Waals surface area contributed by atoms with Gasteiger partial charge in [-0.1, -0.05) is 17.7 Å². The lowest BCUT2D eigenvalue weighted by Crippen LogP contribution is -2.38. The SMILES string of the molecule is O=C(NCC1CCN(Cc2cccnc2)CC1)c1ccc(Cl)cc1. The first-order valence-electron chi connectivity index (χ1n) is 8.36. The number of pyridine rings is 1. The fourth-order valence-electron chi connectivity index (χ4n) is 3.04. The van der Waals surface area contributed by atoms with E-state index in [4.69, 9.17) is 11.6 Å². The van der Waals surface area contributed by atoms with E-state index in [0.717, 1.165) is 39.0 Å². The molecule has 0 unspecified atom stereocenters. The van der Waals surface area contributed by atoms with Crippen LogP contribution in [0.2, 0.25) is 5.02 Å². The van der Waals surface area contributed by atoms with E-state index >= 15 is 0 Å². The molecule has 0 atom stereocenters. The van der Waals surface area contributed by atoms with Gasteiger partial charge in [0.1, 0.15) is 0 Å². The minimum atomic E-state index is -0.0237. The summed E-state index contributed by atoms with van der Waals surface area (Å²) in [7, 11) is 0. The number of likely N-dealkylation sites (tertiary alicyclic amines) is 1. The molecule has 2 aromatic rings. The summed E-state index contributed by atoms with van der Waals surface area (Å²) >= 11 is 5.85. The van der Waals surface area contributed by atoms with Crippen LogP contribution in [0.25, 0.3) is 0 Å². The fourth-order valence-corrected chi connectivity index (χ4v) is 3.16. The molecule has 24 heavy (non-hydrogen) atoms. The highest BCUT2D eigenvalue weighted by Gasteiger charge is 2.20. The van der Waals surface area contributed by atoms with Crippen molar-refractivity contribution in [1.29, 1.82) is 0 Å². The fraction of sp³-hybridized carbons (Fsp3) is 0.368. The minimum Gasteiger partial charge on any atom is -0.352 e. The number of hydrogen-bond acceptors (Lipinski definition) is 3. The van der Waals surface area contributed by atoms with Crippen LogP contribution < -0.4 is 5.32 Å². The van der Waals surface area contributed by atoms with Crippen LogP contribution in [0, 0.1) is 5.92 Å². The Labute approximate surface area is 147 Å². The molecule has 1 N–H and O–H groups in total. The molecule has 1 amide bonds. The predicted octanol–water partition coefficient (Wildman–Crippen LogP) is 3.38. The summed E-state index contributed by atoms with van der Waals surface area (Å²) in [5.41, 5.74) is 1.92. The second-order valence-electron chi connectivity index (χ2n) is 6.30. The summed E-state index contributed by atoms with van der Waals surface area (Å²) in [6.45, 7) is 3.83. The number of piperidine rings is 1. The molecule has 1 aliphatic rings. The van der Waals surface area contributed by atoms with Gasteiger partial charge in [-0.25, -0.2) is 0 Å². The van der Waals surface area contributed by atoms with E-state index in [1.165, 1.54) is 5.56 Å². The topological polar surface area (TPSA) is 45.2 Å². The molecule has 4 nitrogen and oxygen atoms in total. The van der Waals surface area contributed by atoms with Crippen molar-refractivity contribution >= 4 is 17.5 Å². The van der Waals surface area contributed by atoms with Crippen LogP contribution in [-0.4, -0.2) is 35.4 Å². The third kappa shape index (κ3) is 4.79. The third-order valence-corrected chi connectivity index (χ3v) is 4.75. The van der Waals surface area contributed by atoms with E-state index in [1.807, 2.05) is 12.3 Å². The van der Waals surface area contributed by atoms with E-state index in [9.17, 15) is 4.79 Å². The standard InChI is InChI=1S/C19H22ClN3O/c20-18-5-3-17(4-6-18)19(24)22-13-15-7-10-23(11-8-15)14-16-2-1-9-21-12-16/h1-6,9,12,15H,7-8,10-11,13-14H2,(H,22,24). The smallest absolute Gasteiger partial charge is 0.251 e. The maximum atomic E-state index is 12.1. The quantitative estimate of drug-likeness (QED) is 0.905. The molecule has 1 aromatic carbocycles. The van der Waals surface area contributed by atoms with E-state index in [1.54, 1.807) is 30.5 Å². The van der Waals surface area contributed by atoms with Crippen LogP contribution in [0.15, 0.2) is 48.8 Å². The number of carbonyl (C=O) groups is 1. The van der Waals surface area contributed by atoms with Crippen LogP contribution in [0.4, 0.5) is 0 Å². The van der Waals surface area contributed by atoms with Gasteiger partial charge in [-0.05, 0) is 67.7 Å². The van der Waals surface area contributed by atoms with Crippen molar-refractivity contribution in [3.8, 4) is 0 Å². The van der Waals surface area contributed by atoms with Crippen LogP contribution in [-0.2, 0) is 6.54 Å². The summed E-state index contributed by atoms with van der Waals surface area (Å²) in [5.74, 6) is 0.524. The molecule has 3 rings (SSSR count). The van der Waals surface area contributed by atoms with E-state index in [2.05, 4.69) is 21.3 Å². The Kier molecular flexibility index (Phi) is 5.83. The van der Waals surface area contributed by atoms with Crippen molar-refractivity contribution in [3.63, 3.8) is 0 Å². The molecule has 1 aliphatic heterocycles. The average molecular weight is 344 g/mol. The number of amides is 1. The van der Waals surface area contributed by atoms with Crippen LogP contribution in [0.1, 0.15) is 28.8 Å². The van der Waals surface area contributed by atoms with Gasteiger partial charge in [0.25, 0.3) is 5.91 Å². The molecule has 0 saturated carbocycles. The molecule has 2 heterocycles. The van der Waals surface area contributed by atoms with Crippen molar-refractivity contribution in [1.82, 2.24) is 15.2 Å². The third-order valence-electron chi connectivity index (χ3n) is 4.49. The summed E-state index contributed by atoms with van der Waals surface area (Å²) in [6.07, 6.45) is 5.96. The van der Waals surface area contributed by atoms with Crippen molar-refractivity contribution in [3.05, 3.63) is 64.9 Å². The lowest BCUT2D eigenvalue weighted by molar-refractivity contribution is 0.0935. The van der Waals surface area contributed by atoms with Crippen molar-refractivity contribution in [2.75, 3.05) is 19.6 Å². The molecule has 126 valence electrons. The Balaban J connectivity index is 1.41. The lowest BCUT2D eigenvalue weighted by atomic mass is 9.96. The monoisotopic (exact) mass is 343 g/mol. The van der Waals surface area contributed by atoms with E-state index < -0.39 is 0 Å². The molecular formula is C19H22ClN3O. The second kappa shape index (κ2) is 8.27. The molecular weight excluding hydrogens is 322 g/mol. The van der Waals surface area contributed by atoms with Crippen molar-refractivity contribution in [2.24, 2.45) is 5.92 Å². The summed E-state index contributed by atoms with van der Waals surface area (Å²) in [6, 6.07) is 11.1. The Morgan fingerprint density at radius 2 is 1.96 bits per heavy atom. The van der Waals surface area contributed by atoms with Gasteiger partial charge in [-0.15, -0.1) is 0 Å². The number of benzene rings is 1. The minimum absolute atomic E-state index is 0.0237. The number of aromatic nitrogens is 1. The first-order valence-corrected chi connectivity index (χ1v) is 8.73. The molecule has 1 aromatic heterocycles. The number of nitrogens with one attached hydrogen (secondary N) is 1. The Morgan fingerprint density at radius 3 is 2.62 bits per heavy atom. The molecule has 1 fully saturated rings. The molecule has 1 saturated heterocycles. The van der Waals surface area contributed by atoms with Gasteiger partial charge < -0.3 is 5.32 Å². The Morgan fingerprint density at radius 1 is 1.21 bits per heavy atom. The number of hydrogen-bond donors (Lipinski definition) is 1. The van der Waals surface area contributed by atoms with E-state index in [-0.39, 0.29) is 5.91 Å².